The number of carbonyl (C=O) groups is 1. The van der Waals surface area contributed by atoms with Crippen LogP contribution in [0.1, 0.15) is 21.6 Å². The molecular weight excluding hydrogens is 494 g/mol. The molecule has 1 heterocycles. The summed E-state index contributed by atoms with van der Waals surface area (Å²) in [5, 5.41) is 5.42. The predicted octanol–water partition coefficient (Wildman–Crippen LogP) is 7.09. The average molecular weight is 522 g/mol. The molecule has 0 spiro atoms. The number of aromatic nitrogens is 2. The van der Waals surface area contributed by atoms with E-state index in [0.29, 0.717) is 29.5 Å². The van der Waals surface area contributed by atoms with Gasteiger partial charge in [0.25, 0.3) is 5.91 Å². The number of carbonyl (C=O) groups excluding carboxylic acids is 1. The summed E-state index contributed by atoms with van der Waals surface area (Å²) in [5.74, 6) is 0.625. The normalized spacial score (nSPS) is 10.8. The third kappa shape index (κ3) is 5.79. The van der Waals surface area contributed by atoms with Crippen LogP contribution in [-0.2, 0) is 13.0 Å². The van der Waals surface area contributed by atoms with Crippen molar-refractivity contribution < 1.29 is 9.53 Å². The van der Waals surface area contributed by atoms with Gasteiger partial charge in [-0.2, -0.15) is 5.10 Å². The molecule has 0 aliphatic rings. The van der Waals surface area contributed by atoms with E-state index in [2.05, 4.69) is 12.1 Å². The first-order valence-corrected chi connectivity index (χ1v) is 12.9. The van der Waals surface area contributed by atoms with Crippen LogP contribution in [-0.4, -0.2) is 34.2 Å². The van der Waals surface area contributed by atoms with Gasteiger partial charge in [0.05, 0.1) is 23.5 Å². The second-order valence-corrected chi connectivity index (χ2v) is 9.36. The minimum atomic E-state index is -0.105. The van der Waals surface area contributed by atoms with Crippen molar-refractivity contribution in [1.82, 2.24) is 14.7 Å². The highest BCUT2D eigenvalue weighted by Gasteiger charge is 2.24. The first kappa shape index (κ1) is 25.3. The van der Waals surface area contributed by atoms with Crippen molar-refractivity contribution >= 4 is 17.5 Å². The van der Waals surface area contributed by atoms with Crippen LogP contribution in [0.4, 0.5) is 0 Å². The molecule has 0 saturated heterocycles. The van der Waals surface area contributed by atoms with Crippen LogP contribution < -0.4 is 4.74 Å². The molecule has 0 radical (unpaired) electrons. The third-order valence-corrected chi connectivity index (χ3v) is 6.74. The van der Waals surface area contributed by atoms with E-state index in [9.17, 15) is 4.79 Å². The summed E-state index contributed by atoms with van der Waals surface area (Å²) in [6.45, 7) is 1.05. The van der Waals surface area contributed by atoms with Crippen LogP contribution in [0.2, 0.25) is 5.02 Å². The minimum absolute atomic E-state index is 0.105. The molecule has 0 atom stereocenters. The van der Waals surface area contributed by atoms with Crippen LogP contribution in [0, 0.1) is 0 Å². The molecule has 4 aromatic carbocycles. The van der Waals surface area contributed by atoms with Crippen LogP contribution in [0.15, 0.2) is 115 Å². The Morgan fingerprint density at radius 1 is 0.842 bits per heavy atom. The maximum absolute atomic E-state index is 14.2. The maximum Gasteiger partial charge on any atom is 0.272 e. The first-order chi connectivity index (χ1) is 18.6. The van der Waals surface area contributed by atoms with Crippen molar-refractivity contribution in [1.29, 1.82) is 0 Å². The molecule has 5 rings (SSSR count). The number of ether oxygens (including phenoxy) is 1. The molecule has 0 bridgehead atoms. The largest absolute Gasteiger partial charge is 0.497 e. The van der Waals surface area contributed by atoms with Gasteiger partial charge in [0.1, 0.15) is 11.4 Å². The standard InChI is InChI=1S/C32H28ClN3O2/c1-38-27-18-16-26(17-19-27)36-31(22-30(34-36)28-14-8-9-15-29(28)33)32(37)35(23-25-12-6-3-7-13-25)21-20-24-10-4-2-5-11-24/h2-19,22H,20-21,23H2,1H3. The van der Waals surface area contributed by atoms with Crippen LogP contribution >= 0.6 is 11.6 Å². The van der Waals surface area contributed by atoms with Gasteiger partial charge in [-0.1, -0.05) is 90.5 Å². The second-order valence-electron chi connectivity index (χ2n) is 8.95. The van der Waals surface area contributed by atoms with Gasteiger partial charge >= 0.3 is 0 Å². The number of benzene rings is 4. The third-order valence-electron chi connectivity index (χ3n) is 6.41. The van der Waals surface area contributed by atoms with Gasteiger partial charge in [0.2, 0.25) is 0 Å². The number of hydrogen-bond acceptors (Lipinski definition) is 3. The Bertz CT molecular complexity index is 1500. The zero-order valence-electron chi connectivity index (χ0n) is 21.1. The number of hydrogen-bond donors (Lipinski definition) is 0. The predicted molar refractivity (Wildman–Crippen MR) is 152 cm³/mol. The highest BCUT2D eigenvalue weighted by Crippen LogP contribution is 2.29. The Hall–Kier alpha value is -4.35. The van der Waals surface area contributed by atoms with E-state index in [0.717, 1.165) is 29.0 Å². The number of halogens is 1. The maximum atomic E-state index is 14.2. The van der Waals surface area contributed by atoms with E-state index in [-0.39, 0.29) is 5.91 Å². The lowest BCUT2D eigenvalue weighted by Gasteiger charge is -2.23. The molecule has 5 aromatic rings. The smallest absolute Gasteiger partial charge is 0.272 e. The van der Waals surface area contributed by atoms with E-state index in [4.69, 9.17) is 21.4 Å². The lowest BCUT2D eigenvalue weighted by atomic mass is 10.1. The van der Waals surface area contributed by atoms with Gasteiger partial charge < -0.3 is 9.64 Å². The topological polar surface area (TPSA) is 47.4 Å². The van der Waals surface area contributed by atoms with Gasteiger partial charge in [-0.05, 0) is 53.9 Å². The van der Waals surface area contributed by atoms with Crippen molar-refractivity contribution in [3.8, 4) is 22.7 Å². The van der Waals surface area contributed by atoms with E-state index < -0.39 is 0 Å². The summed E-state index contributed by atoms with van der Waals surface area (Å²) in [6.07, 6.45) is 0.744. The number of rotatable bonds is 9. The van der Waals surface area contributed by atoms with Gasteiger partial charge in [-0.15, -0.1) is 0 Å². The SMILES string of the molecule is COc1ccc(-n2nc(-c3ccccc3Cl)cc2C(=O)N(CCc2ccccc2)Cc2ccccc2)cc1. The average Bonchev–Trinajstić information content (AvgIpc) is 3.41. The molecule has 1 amide bonds. The van der Waals surface area contributed by atoms with E-state index in [1.807, 2.05) is 108 Å². The summed E-state index contributed by atoms with van der Waals surface area (Å²) in [4.78, 5) is 16.1. The van der Waals surface area contributed by atoms with Crippen molar-refractivity contribution in [2.75, 3.05) is 13.7 Å². The van der Waals surface area contributed by atoms with E-state index in [1.54, 1.807) is 11.8 Å². The molecule has 0 fully saturated rings. The molecule has 5 nitrogen and oxygen atoms in total. The molecule has 0 unspecified atom stereocenters. The molecular formula is C32H28ClN3O2. The van der Waals surface area contributed by atoms with Crippen LogP contribution in [0.25, 0.3) is 16.9 Å². The molecule has 0 aliphatic heterocycles. The fraction of sp³-hybridized carbons (Fsp3) is 0.125. The van der Waals surface area contributed by atoms with E-state index >= 15 is 0 Å². The molecule has 1 aromatic heterocycles. The molecule has 0 N–H and O–H groups in total. The molecule has 38 heavy (non-hydrogen) atoms. The van der Waals surface area contributed by atoms with Crippen molar-refractivity contribution in [3.05, 3.63) is 137 Å². The van der Waals surface area contributed by atoms with Gasteiger partial charge in [-0.25, -0.2) is 4.68 Å². The molecule has 0 aliphatic carbocycles. The second kappa shape index (κ2) is 11.8. The Balaban J connectivity index is 1.55. The fourth-order valence-electron chi connectivity index (χ4n) is 4.38. The molecule has 190 valence electrons. The van der Waals surface area contributed by atoms with Gasteiger partial charge in [0, 0.05) is 18.7 Å². The van der Waals surface area contributed by atoms with Gasteiger partial charge in [-0.3, -0.25) is 4.79 Å². The fourth-order valence-corrected chi connectivity index (χ4v) is 4.61. The Morgan fingerprint density at radius 3 is 2.13 bits per heavy atom. The summed E-state index contributed by atoms with van der Waals surface area (Å²) in [6, 6.07) is 37.1. The zero-order chi connectivity index (χ0) is 26.3. The lowest BCUT2D eigenvalue weighted by molar-refractivity contribution is 0.0736. The quantitative estimate of drug-likeness (QED) is 0.208. The Labute approximate surface area is 227 Å². The highest BCUT2D eigenvalue weighted by molar-refractivity contribution is 6.33. The molecule has 6 heteroatoms. The number of nitrogens with zero attached hydrogens (tertiary/aromatic N) is 3. The van der Waals surface area contributed by atoms with Crippen LogP contribution in [0.5, 0.6) is 5.75 Å². The van der Waals surface area contributed by atoms with E-state index in [1.165, 1.54) is 5.56 Å². The Morgan fingerprint density at radius 2 is 1.47 bits per heavy atom. The summed E-state index contributed by atoms with van der Waals surface area (Å²) < 4.78 is 7.02. The Kier molecular flexibility index (Phi) is 7.86. The van der Waals surface area contributed by atoms with Crippen LogP contribution in [0.3, 0.4) is 0 Å². The summed E-state index contributed by atoms with van der Waals surface area (Å²) >= 11 is 6.51. The zero-order valence-corrected chi connectivity index (χ0v) is 21.9. The lowest BCUT2D eigenvalue weighted by Crippen LogP contribution is -2.34. The van der Waals surface area contributed by atoms with Gasteiger partial charge in [0.15, 0.2) is 0 Å². The summed E-state index contributed by atoms with van der Waals surface area (Å²) in [5.41, 5.74) is 4.88. The van der Waals surface area contributed by atoms with Crippen molar-refractivity contribution in [2.45, 2.75) is 13.0 Å². The van der Waals surface area contributed by atoms with Crippen molar-refractivity contribution in [2.24, 2.45) is 0 Å². The highest BCUT2D eigenvalue weighted by atomic mass is 35.5. The van der Waals surface area contributed by atoms with Crippen molar-refractivity contribution in [3.63, 3.8) is 0 Å². The molecule has 0 saturated carbocycles. The first-order valence-electron chi connectivity index (χ1n) is 12.5. The number of methoxy groups -OCH3 is 1. The monoisotopic (exact) mass is 521 g/mol. The summed E-state index contributed by atoms with van der Waals surface area (Å²) in [7, 11) is 1.63. The number of amides is 1. The minimum Gasteiger partial charge on any atom is -0.497 e.